The molecule has 0 spiro atoms. The quantitative estimate of drug-likeness (QED) is 0.433. The molecule has 0 aliphatic heterocycles. The largest absolute Gasteiger partial charge is 0.299 e. The van der Waals surface area contributed by atoms with E-state index in [1.54, 1.807) is 0 Å². The molecule has 0 aromatic rings. The van der Waals surface area contributed by atoms with Crippen molar-refractivity contribution in [3.05, 3.63) is 6.92 Å². The molecule has 0 atom stereocenters. The third kappa shape index (κ3) is 7.45. The van der Waals surface area contributed by atoms with Gasteiger partial charge < -0.3 is 0 Å². The van der Waals surface area contributed by atoms with Crippen LogP contribution < -0.4 is 0 Å². The lowest BCUT2D eigenvalue weighted by Crippen LogP contribution is -2.03. The molecule has 12 heavy (non-hydrogen) atoms. The van der Waals surface area contributed by atoms with E-state index in [0.717, 1.165) is 12.8 Å². The summed E-state index contributed by atoms with van der Waals surface area (Å²) < 4.78 is 0. The molecule has 2 heteroatoms. The highest BCUT2D eigenvalue weighted by molar-refractivity contribution is 6.00. The SMILES string of the molecule is [CH2]C(=O)CC(=O)CCCCCC. The first kappa shape index (κ1) is 11.3. The normalized spacial score (nSPS) is 9.83. The molecule has 0 saturated carbocycles. The molecule has 0 unspecified atom stereocenters. The van der Waals surface area contributed by atoms with Crippen LogP contribution in [0.25, 0.3) is 0 Å². The zero-order chi connectivity index (χ0) is 9.40. The Kier molecular flexibility index (Phi) is 6.63. The van der Waals surface area contributed by atoms with Gasteiger partial charge in [0, 0.05) is 13.3 Å². The summed E-state index contributed by atoms with van der Waals surface area (Å²) in [6.07, 6.45) is 4.91. The van der Waals surface area contributed by atoms with Gasteiger partial charge in [0.25, 0.3) is 0 Å². The number of Topliss-reactive ketones (excluding diaryl/α,β-unsaturated/α-hetero) is 2. The van der Waals surface area contributed by atoms with Gasteiger partial charge in [-0.1, -0.05) is 26.2 Å². The van der Waals surface area contributed by atoms with Gasteiger partial charge in [0.05, 0.1) is 6.42 Å². The van der Waals surface area contributed by atoms with Crippen molar-refractivity contribution in [2.24, 2.45) is 0 Å². The summed E-state index contributed by atoms with van der Waals surface area (Å²) in [4.78, 5) is 21.4. The van der Waals surface area contributed by atoms with Gasteiger partial charge >= 0.3 is 0 Å². The minimum absolute atomic E-state index is 0.0200. The van der Waals surface area contributed by atoms with Gasteiger partial charge in [-0.05, 0) is 6.42 Å². The first-order valence-electron chi connectivity index (χ1n) is 4.53. The Hall–Kier alpha value is -0.660. The monoisotopic (exact) mass is 169 g/mol. The average Bonchev–Trinajstić information content (AvgIpc) is 1.97. The zero-order valence-corrected chi connectivity index (χ0v) is 7.77. The number of carbonyl (C=O) groups is 2. The van der Waals surface area contributed by atoms with Crippen molar-refractivity contribution in [3.8, 4) is 0 Å². The Morgan fingerprint density at radius 2 is 1.83 bits per heavy atom. The Labute approximate surface area is 74.3 Å². The molecule has 0 rings (SSSR count). The van der Waals surface area contributed by atoms with Crippen LogP contribution in [0.3, 0.4) is 0 Å². The van der Waals surface area contributed by atoms with Crippen LogP contribution >= 0.6 is 0 Å². The molecular formula is C10H17O2. The summed E-state index contributed by atoms with van der Waals surface area (Å²) >= 11 is 0. The zero-order valence-electron chi connectivity index (χ0n) is 7.77. The molecule has 69 valence electrons. The van der Waals surface area contributed by atoms with Crippen molar-refractivity contribution in [3.63, 3.8) is 0 Å². The highest BCUT2D eigenvalue weighted by atomic mass is 16.1. The van der Waals surface area contributed by atoms with Crippen LogP contribution in [0.5, 0.6) is 0 Å². The number of rotatable bonds is 7. The number of hydrogen-bond donors (Lipinski definition) is 0. The summed E-state index contributed by atoms with van der Waals surface area (Å²) in [5, 5.41) is 0. The number of unbranched alkanes of at least 4 members (excludes halogenated alkanes) is 3. The van der Waals surface area contributed by atoms with E-state index in [1.807, 2.05) is 0 Å². The molecule has 0 fully saturated rings. The summed E-state index contributed by atoms with van der Waals surface area (Å²) in [6, 6.07) is 0. The van der Waals surface area contributed by atoms with Crippen LogP contribution in [0.15, 0.2) is 0 Å². The molecule has 1 radical (unpaired) electrons. The maximum Gasteiger partial charge on any atom is 0.140 e. The second-order valence-electron chi connectivity index (χ2n) is 3.06. The van der Waals surface area contributed by atoms with Crippen LogP contribution in [0, 0.1) is 6.92 Å². The molecule has 0 N–H and O–H groups in total. The van der Waals surface area contributed by atoms with E-state index in [1.165, 1.54) is 12.8 Å². The predicted molar refractivity (Wildman–Crippen MR) is 48.7 cm³/mol. The number of carbonyl (C=O) groups excluding carboxylic acids is 2. The molecule has 0 aliphatic carbocycles. The van der Waals surface area contributed by atoms with Crippen LogP contribution in [0.4, 0.5) is 0 Å². The maximum absolute atomic E-state index is 11.0. The topological polar surface area (TPSA) is 34.1 Å². The molecule has 0 bridgehead atoms. The first-order chi connectivity index (χ1) is 5.66. The van der Waals surface area contributed by atoms with Crippen LogP contribution in [-0.2, 0) is 9.59 Å². The van der Waals surface area contributed by atoms with Crippen molar-refractivity contribution >= 4 is 11.6 Å². The molecule has 0 aromatic heterocycles. The van der Waals surface area contributed by atoms with Crippen LogP contribution in [-0.4, -0.2) is 11.6 Å². The highest BCUT2D eigenvalue weighted by Gasteiger charge is 2.03. The first-order valence-corrected chi connectivity index (χ1v) is 4.53. The van der Waals surface area contributed by atoms with Gasteiger partial charge in [0.2, 0.25) is 0 Å². The molecule has 0 amide bonds. The lowest BCUT2D eigenvalue weighted by Gasteiger charge is -1.97. The van der Waals surface area contributed by atoms with Gasteiger partial charge in [0.15, 0.2) is 0 Å². The molecule has 0 saturated heterocycles. The van der Waals surface area contributed by atoms with E-state index in [4.69, 9.17) is 0 Å². The van der Waals surface area contributed by atoms with Gasteiger partial charge in [-0.2, -0.15) is 0 Å². The van der Waals surface area contributed by atoms with E-state index < -0.39 is 0 Å². The molecular weight excluding hydrogens is 152 g/mol. The molecule has 2 nitrogen and oxygen atoms in total. The Bertz CT molecular complexity index is 150. The van der Waals surface area contributed by atoms with E-state index in [2.05, 4.69) is 13.8 Å². The lowest BCUT2D eigenvalue weighted by molar-refractivity contribution is -0.124. The van der Waals surface area contributed by atoms with Crippen LogP contribution in [0.2, 0.25) is 0 Å². The van der Waals surface area contributed by atoms with Crippen molar-refractivity contribution in [1.82, 2.24) is 0 Å². The van der Waals surface area contributed by atoms with Gasteiger partial charge in [-0.25, -0.2) is 0 Å². The number of hydrogen-bond acceptors (Lipinski definition) is 2. The fourth-order valence-corrected chi connectivity index (χ4v) is 1.06. The van der Waals surface area contributed by atoms with Crippen molar-refractivity contribution in [1.29, 1.82) is 0 Å². The lowest BCUT2D eigenvalue weighted by atomic mass is 10.1. The second-order valence-corrected chi connectivity index (χ2v) is 3.06. The fraction of sp³-hybridized carbons (Fsp3) is 0.700. The molecule has 0 aliphatic rings. The van der Waals surface area contributed by atoms with E-state index >= 15 is 0 Å². The Balaban J connectivity index is 3.26. The van der Waals surface area contributed by atoms with Crippen molar-refractivity contribution in [2.75, 3.05) is 0 Å². The Morgan fingerprint density at radius 1 is 1.17 bits per heavy atom. The van der Waals surface area contributed by atoms with Crippen molar-refractivity contribution < 1.29 is 9.59 Å². The minimum atomic E-state index is -0.268. The number of ketones is 2. The third-order valence-corrected chi connectivity index (χ3v) is 1.70. The highest BCUT2D eigenvalue weighted by Crippen LogP contribution is 2.04. The summed E-state index contributed by atoms with van der Waals surface area (Å²) in [7, 11) is 0. The van der Waals surface area contributed by atoms with Crippen molar-refractivity contribution in [2.45, 2.75) is 45.4 Å². The van der Waals surface area contributed by atoms with E-state index in [9.17, 15) is 9.59 Å². The van der Waals surface area contributed by atoms with E-state index in [-0.39, 0.29) is 18.0 Å². The Morgan fingerprint density at radius 3 is 2.33 bits per heavy atom. The summed E-state index contributed by atoms with van der Waals surface area (Å²) in [6.45, 7) is 5.29. The molecule has 0 aromatic carbocycles. The third-order valence-electron chi connectivity index (χ3n) is 1.70. The smallest absolute Gasteiger partial charge is 0.140 e. The summed E-state index contributed by atoms with van der Waals surface area (Å²) in [5.41, 5.74) is 0. The maximum atomic E-state index is 11.0. The average molecular weight is 169 g/mol. The van der Waals surface area contributed by atoms with E-state index in [0.29, 0.717) is 6.42 Å². The summed E-state index contributed by atoms with van der Waals surface area (Å²) in [5.74, 6) is -0.235. The standard InChI is InChI=1S/C10H17O2/c1-3-4-5-6-7-10(12)8-9(2)11/h2-8H2,1H3. The van der Waals surface area contributed by atoms with Gasteiger partial charge in [-0.15, -0.1) is 0 Å². The van der Waals surface area contributed by atoms with Crippen LogP contribution in [0.1, 0.15) is 45.4 Å². The van der Waals surface area contributed by atoms with Gasteiger partial charge in [0.1, 0.15) is 11.6 Å². The second kappa shape index (κ2) is 7.01. The fourth-order valence-electron chi connectivity index (χ4n) is 1.06. The van der Waals surface area contributed by atoms with Gasteiger partial charge in [-0.3, -0.25) is 9.59 Å². The predicted octanol–water partition coefficient (Wildman–Crippen LogP) is 2.32. The minimum Gasteiger partial charge on any atom is -0.299 e. The molecule has 0 heterocycles.